The van der Waals surface area contributed by atoms with Crippen molar-refractivity contribution in [1.29, 1.82) is 0 Å². The lowest BCUT2D eigenvalue weighted by Crippen LogP contribution is -2.44. The number of nitrogens with zero attached hydrogens (tertiary/aromatic N) is 2. The van der Waals surface area contributed by atoms with Gasteiger partial charge in [0, 0.05) is 13.1 Å². The molecule has 8 nitrogen and oxygen atoms in total. The molecule has 0 radical (unpaired) electrons. The molecule has 0 bridgehead atoms. The van der Waals surface area contributed by atoms with Crippen molar-refractivity contribution in [1.82, 2.24) is 10.6 Å². The van der Waals surface area contributed by atoms with Gasteiger partial charge in [0.05, 0.1) is 13.2 Å². The molecule has 0 fully saturated rings. The summed E-state index contributed by atoms with van der Waals surface area (Å²) in [5.41, 5.74) is -2.27. The predicted molar refractivity (Wildman–Crippen MR) is 80.5 cm³/mol. The molecule has 124 valence electrons. The van der Waals surface area contributed by atoms with Gasteiger partial charge in [0.15, 0.2) is 11.1 Å². The minimum Gasteiger partial charge on any atom is -0.395 e. The summed E-state index contributed by atoms with van der Waals surface area (Å²) in [6, 6.07) is 0. The number of hydrogen-bond acceptors (Lipinski definition) is 6. The molecule has 0 aromatic rings. The molecule has 0 aliphatic heterocycles. The fraction of sp³-hybridized carbons (Fsp3) is 0.833. The van der Waals surface area contributed by atoms with E-state index in [0.29, 0.717) is 0 Å². The van der Waals surface area contributed by atoms with Crippen molar-refractivity contribution in [2.45, 2.75) is 38.8 Å². The van der Waals surface area contributed by atoms with Gasteiger partial charge >= 0.3 is 0 Å². The Balaban J connectivity index is 0. The van der Waals surface area contributed by atoms with E-state index in [-0.39, 0.29) is 50.5 Å². The van der Waals surface area contributed by atoms with Gasteiger partial charge in [-0.1, -0.05) is 0 Å². The van der Waals surface area contributed by atoms with Crippen LogP contribution in [0.4, 0.5) is 0 Å². The Bertz CT molecular complexity index is 338. The van der Waals surface area contributed by atoms with Crippen molar-refractivity contribution in [3.8, 4) is 0 Å². The average molecular weight is 325 g/mol. The van der Waals surface area contributed by atoms with Crippen LogP contribution in [0.15, 0.2) is 10.2 Å². The largest absolute Gasteiger partial charge is 0.395 e. The minimum absolute atomic E-state index is 0. The number of aliphatic hydroxyl groups is 2. The van der Waals surface area contributed by atoms with E-state index in [4.69, 9.17) is 10.2 Å². The Hall–Kier alpha value is -1.25. The van der Waals surface area contributed by atoms with Gasteiger partial charge in [0.1, 0.15) is 0 Å². The number of nitrogens with one attached hydrogen (secondary N) is 2. The van der Waals surface area contributed by atoms with Crippen LogP contribution in [0.2, 0.25) is 0 Å². The first kappa shape index (κ1) is 22.0. The first-order valence-electron chi connectivity index (χ1n) is 6.40. The molecule has 0 atom stereocenters. The Morgan fingerprint density at radius 1 is 0.857 bits per heavy atom. The van der Waals surface area contributed by atoms with Crippen LogP contribution < -0.4 is 10.6 Å². The van der Waals surface area contributed by atoms with Crippen molar-refractivity contribution in [3.05, 3.63) is 0 Å². The summed E-state index contributed by atoms with van der Waals surface area (Å²) >= 11 is 0. The average Bonchev–Trinajstić information content (AvgIpc) is 2.39. The zero-order valence-corrected chi connectivity index (χ0v) is 13.7. The number of rotatable bonds is 8. The van der Waals surface area contributed by atoms with Crippen LogP contribution in [-0.2, 0) is 9.59 Å². The SMILES string of the molecule is CC(C)(N=NC(C)(C)C(=O)NCCO)C(=O)NCCO.Cl. The molecule has 0 aromatic carbocycles. The van der Waals surface area contributed by atoms with Crippen LogP contribution in [0.5, 0.6) is 0 Å². The predicted octanol–water partition coefficient (Wildman–Crippen LogP) is -0.365. The van der Waals surface area contributed by atoms with E-state index < -0.39 is 11.1 Å². The van der Waals surface area contributed by atoms with Gasteiger partial charge in [-0.05, 0) is 27.7 Å². The van der Waals surface area contributed by atoms with Gasteiger partial charge in [-0.3, -0.25) is 9.59 Å². The number of amides is 2. The summed E-state index contributed by atoms with van der Waals surface area (Å²) in [5, 5.41) is 30.1. The quantitative estimate of drug-likeness (QED) is 0.455. The van der Waals surface area contributed by atoms with Gasteiger partial charge in [0.25, 0.3) is 0 Å². The third-order valence-electron chi connectivity index (χ3n) is 2.46. The Kier molecular flexibility index (Phi) is 10.1. The standard InChI is InChI=1S/C12H24N4O4.ClH/c1-11(2,9(19)13-5-7-17)15-16-12(3,4)10(20)14-6-8-18;/h17-18H,5-8H2,1-4H3,(H,13,19)(H,14,20);1H. The molecular formula is C12H25ClN4O4. The van der Waals surface area contributed by atoms with Crippen LogP contribution in [0.25, 0.3) is 0 Å². The third kappa shape index (κ3) is 7.93. The van der Waals surface area contributed by atoms with E-state index >= 15 is 0 Å². The van der Waals surface area contributed by atoms with Crippen LogP contribution >= 0.6 is 12.4 Å². The Labute approximate surface area is 130 Å². The summed E-state index contributed by atoms with van der Waals surface area (Å²) in [6.45, 7) is 6.20. The fourth-order valence-corrected chi connectivity index (χ4v) is 1.11. The van der Waals surface area contributed by atoms with E-state index in [2.05, 4.69) is 20.9 Å². The lowest BCUT2D eigenvalue weighted by atomic mass is 10.0. The van der Waals surface area contributed by atoms with E-state index in [1.807, 2.05) is 0 Å². The zero-order valence-electron chi connectivity index (χ0n) is 12.8. The maximum Gasteiger partial charge on any atom is 0.249 e. The molecule has 0 rings (SSSR count). The van der Waals surface area contributed by atoms with Crippen LogP contribution in [-0.4, -0.2) is 59.4 Å². The van der Waals surface area contributed by atoms with Crippen LogP contribution in [0, 0.1) is 0 Å². The number of carbonyl (C=O) groups is 2. The van der Waals surface area contributed by atoms with Crippen LogP contribution in [0.1, 0.15) is 27.7 Å². The highest BCUT2D eigenvalue weighted by atomic mass is 35.5. The van der Waals surface area contributed by atoms with Crippen molar-refractivity contribution in [2.75, 3.05) is 26.3 Å². The maximum absolute atomic E-state index is 11.8. The molecule has 0 aliphatic carbocycles. The summed E-state index contributed by atoms with van der Waals surface area (Å²) in [6.07, 6.45) is 0. The zero-order chi connectivity index (χ0) is 15.8. The second kappa shape index (κ2) is 9.64. The summed E-state index contributed by atoms with van der Waals surface area (Å²) < 4.78 is 0. The van der Waals surface area contributed by atoms with Gasteiger partial charge < -0.3 is 20.8 Å². The van der Waals surface area contributed by atoms with Crippen LogP contribution in [0.3, 0.4) is 0 Å². The summed E-state index contributed by atoms with van der Waals surface area (Å²) in [5.74, 6) is -0.774. The van der Waals surface area contributed by atoms with E-state index in [1.54, 1.807) is 27.7 Å². The lowest BCUT2D eigenvalue weighted by Gasteiger charge is -2.21. The van der Waals surface area contributed by atoms with E-state index in [1.165, 1.54) is 0 Å². The number of aliphatic hydroxyl groups excluding tert-OH is 2. The second-order valence-corrected chi connectivity index (χ2v) is 5.28. The van der Waals surface area contributed by atoms with Crippen molar-refractivity contribution in [3.63, 3.8) is 0 Å². The maximum atomic E-state index is 11.8. The number of azo groups is 1. The molecule has 0 saturated heterocycles. The molecule has 9 heteroatoms. The summed E-state index contributed by atoms with van der Waals surface area (Å²) in [7, 11) is 0. The molecule has 0 aliphatic rings. The summed E-state index contributed by atoms with van der Waals surface area (Å²) in [4.78, 5) is 23.5. The van der Waals surface area contributed by atoms with Crippen molar-refractivity contribution < 1.29 is 19.8 Å². The highest BCUT2D eigenvalue weighted by Gasteiger charge is 2.31. The number of carbonyl (C=O) groups excluding carboxylic acids is 2. The molecule has 0 unspecified atom stereocenters. The molecule has 0 heterocycles. The minimum atomic E-state index is -1.14. The molecular weight excluding hydrogens is 300 g/mol. The van der Waals surface area contributed by atoms with Gasteiger partial charge in [-0.15, -0.1) is 12.4 Å². The number of halogens is 1. The topological polar surface area (TPSA) is 123 Å². The van der Waals surface area contributed by atoms with Gasteiger partial charge in [0.2, 0.25) is 11.8 Å². The molecule has 2 amide bonds. The van der Waals surface area contributed by atoms with Gasteiger partial charge in [-0.25, -0.2) is 0 Å². The normalized spacial score (nSPS) is 11.9. The smallest absolute Gasteiger partial charge is 0.249 e. The third-order valence-corrected chi connectivity index (χ3v) is 2.46. The highest BCUT2D eigenvalue weighted by Crippen LogP contribution is 2.16. The Morgan fingerprint density at radius 2 is 1.14 bits per heavy atom. The van der Waals surface area contributed by atoms with Gasteiger partial charge in [-0.2, -0.15) is 10.2 Å². The lowest BCUT2D eigenvalue weighted by molar-refractivity contribution is -0.127. The highest BCUT2D eigenvalue weighted by molar-refractivity contribution is 5.86. The monoisotopic (exact) mass is 324 g/mol. The Morgan fingerprint density at radius 3 is 1.38 bits per heavy atom. The molecule has 0 aromatic heterocycles. The number of hydrogen-bond donors (Lipinski definition) is 4. The molecule has 0 saturated carbocycles. The first-order chi connectivity index (χ1) is 9.17. The first-order valence-corrected chi connectivity index (χ1v) is 6.40. The molecule has 21 heavy (non-hydrogen) atoms. The van der Waals surface area contributed by atoms with E-state index in [9.17, 15) is 9.59 Å². The molecule has 0 spiro atoms. The second-order valence-electron chi connectivity index (χ2n) is 5.28. The fourth-order valence-electron chi connectivity index (χ4n) is 1.11. The molecule has 4 N–H and O–H groups in total. The van der Waals surface area contributed by atoms with E-state index in [0.717, 1.165) is 0 Å². The van der Waals surface area contributed by atoms with Crippen molar-refractivity contribution in [2.24, 2.45) is 10.2 Å². The van der Waals surface area contributed by atoms with Crippen molar-refractivity contribution >= 4 is 24.2 Å².